The predicted octanol–water partition coefficient (Wildman–Crippen LogP) is 4.06. The Morgan fingerprint density at radius 2 is 2.19 bits per heavy atom. The Morgan fingerprint density at radius 3 is 3.00 bits per heavy atom. The predicted molar refractivity (Wildman–Crippen MR) is 109 cm³/mol. The molecule has 0 saturated carbocycles. The number of carbonyl (C=O) groups is 1. The molecule has 0 amide bonds. The van der Waals surface area contributed by atoms with Crippen molar-refractivity contribution < 1.29 is 9.53 Å². The SMILES string of the molecule is CCOC(=O)c1sc2nc(CSc3ncnc4ccsc34)nc(N)c2c1C. The Balaban J connectivity index is 1.65. The maximum atomic E-state index is 12.1. The number of fused-ring (bicyclic) bond motifs is 2. The number of thioether (sulfide) groups is 1. The number of hydrogen-bond acceptors (Lipinski definition) is 10. The summed E-state index contributed by atoms with van der Waals surface area (Å²) in [5, 5.41) is 3.61. The zero-order valence-electron chi connectivity index (χ0n) is 14.6. The zero-order valence-corrected chi connectivity index (χ0v) is 17.0. The lowest BCUT2D eigenvalue weighted by atomic mass is 10.2. The van der Waals surface area contributed by atoms with Gasteiger partial charge < -0.3 is 10.5 Å². The molecule has 4 heterocycles. The van der Waals surface area contributed by atoms with E-state index >= 15 is 0 Å². The minimum atomic E-state index is -0.352. The van der Waals surface area contributed by atoms with Crippen molar-refractivity contribution in [2.24, 2.45) is 0 Å². The molecule has 0 unspecified atom stereocenters. The van der Waals surface area contributed by atoms with Crippen LogP contribution in [0.25, 0.3) is 20.4 Å². The van der Waals surface area contributed by atoms with Crippen molar-refractivity contribution in [1.82, 2.24) is 19.9 Å². The first-order valence-corrected chi connectivity index (χ1v) is 10.8. The molecule has 0 aliphatic rings. The normalized spacial score (nSPS) is 11.3. The number of thiophene rings is 2. The molecule has 10 heteroatoms. The molecular formula is C17H15N5O2S3. The summed E-state index contributed by atoms with van der Waals surface area (Å²) in [5.74, 6) is 1.15. The maximum Gasteiger partial charge on any atom is 0.348 e. The van der Waals surface area contributed by atoms with Crippen molar-refractivity contribution in [3.05, 3.63) is 34.0 Å². The minimum absolute atomic E-state index is 0.325. The molecule has 0 bridgehead atoms. The molecule has 4 aromatic heterocycles. The summed E-state index contributed by atoms with van der Waals surface area (Å²) in [5.41, 5.74) is 7.86. The summed E-state index contributed by atoms with van der Waals surface area (Å²) in [6.45, 7) is 3.95. The van der Waals surface area contributed by atoms with Crippen molar-refractivity contribution in [1.29, 1.82) is 0 Å². The summed E-state index contributed by atoms with van der Waals surface area (Å²) in [6, 6.07) is 1.97. The number of aromatic nitrogens is 4. The van der Waals surface area contributed by atoms with Crippen LogP contribution in [0.5, 0.6) is 0 Å². The first-order valence-electron chi connectivity index (χ1n) is 8.12. The number of nitrogens with two attached hydrogens (primary N) is 1. The van der Waals surface area contributed by atoms with E-state index in [0.717, 1.165) is 26.2 Å². The van der Waals surface area contributed by atoms with Crippen LogP contribution in [-0.4, -0.2) is 32.5 Å². The van der Waals surface area contributed by atoms with E-state index in [1.165, 1.54) is 11.3 Å². The maximum absolute atomic E-state index is 12.1. The zero-order chi connectivity index (χ0) is 19.0. The van der Waals surface area contributed by atoms with Crippen LogP contribution in [0, 0.1) is 6.92 Å². The largest absolute Gasteiger partial charge is 0.462 e. The van der Waals surface area contributed by atoms with Crippen LogP contribution >= 0.6 is 34.4 Å². The molecule has 0 saturated heterocycles. The quantitative estimate of drug-likeness (QED) is 0.295. The average Bonchev–Trinajstić information content (AvgIpc) is 3.25. The molecule has 0 fully saturated rings. The molecule has 0 radical (unpaired) electrons. The van der Waals surface area contributed by atoms with E-state index < -0.39 is 0 Å². The van der Waals surface area contributed by atoms with E-state index in [-0.39, 0.29) is 5.97 Å². The van der Waals surface area contributed by atoms with E-state index in [1.807, 2.05) is 18.4 Å². The number of aryl methyl sites for hydroxylation is 1. The molecule has 0 aliphatic carbocycles. The molecule has 27 heavy (non-hydrogen) atoms. The summed E-state index contributed by atoms with van der Waals surface area (Å²) in [4.78, 5) is 31.0. The first-order chi connectivity index (χ1) is 13.1. The molecule has 0 aliphatic heterocycles. The highest BCUT2D eigenvalue weighted by Gasteiger charge is 2.20. The summed E-state index contributed by atoms with van der Waals surface area (Å²) >= 11 is 4.44. The highest BCUT2D eigenvalue weighted by molar-refractivity contribution is 7.98. The van der Waals surface area contributed by atoms with E-state index in [9.17, 15) is 4.79 Å². The van der Waals surface area contributed by atoms with Gasteiger partial charge in [0.2, 0.25) is 0 Å². The monoisotopic (exact) mass is 417 g/mol. The van der Waals surface area contributed by atoms with Crippen molar-refractivity contribution >= 4 is 66.7 Å². The Bertz CT molecular complexity index is 1150. The minimum Gasteiger partial charge on any atom is -0.462 e. The van der Waals surface area contributed by atoms with Crippen molar-refractivity contribution in [2.45, 2.75) is 24.6 Å². The fraction of sp³-hybridized carbons (Fsp3) is 0.235. The van der Waals surface area contributed by atoms with E-state index in [4.69, 9.17) is 10.5 Å². The second kappa shape index (κ2) is 7.37. The molecule has 0 aromatic carbocycles. The van der Waals surface area contributed by atoms with Gasteiger partial charge in [-0.25, -0.2) is 24.7 Å². The van der Waals surface area contributed by atoms with Crippen LogP contribution in [0.15, 0.2) is 22.8 Å². The van der Waals surface area contributed by atoms with Gasteiger partial charge in [0.15, 0.2) is 0 Å². The first kappa shape index (κ1) is 18.1. The van der Waals surface area contributed by atoms with Gasteiger partial charge >= 0.3 is 5.97 Å². The number of anilines is 1. The van der Waals surface area contributed by atoms with Gasteiger partial charge in [-0.05, 0) is 30.9 Å². The number of esters is 1. The third kappa shape index (κ3) is 3.35. The number of nitrogen functional groups attached to an aromatic ring is 1. The molecule has 138 valence electrons. The molecule has 0 spiro atoms. The topological polar surface area (TPSA) is 104 Å². The van der Waals surface area contributed by atoms with Gasteiger partial charge in [0, 0.05) is 0 Å². The summed E-state index contributed by atoms with van der Waals surface area (Å²) in [6.07, 6.45) is 1.56. The van der Waals surface area contributed by atoms with Gasteiger partial charge in [-0.15, -0.1) is 22.7 Å². The van der Waals surface area contributed by atoms with E-state index in [1.54, 1.807) is 36.3 Å². The van der Waals surface area contributed by atoms with Crippen LogP contribution in [0.4, 0.5) is 5.82 Å². The molecule has 4 aromatic rings. The standard InChI is InChI=1S/C17H15N5O2S3/c1-3-24-17(23)12-8(2)11-14(18)21-10(22-15(11)27-12)6-26-16-13-9(4-5-25-13)19-7-20-16/h4-5,7H,3,6H2,1-2H3,(H2,18,21,22). The highest BCUT2D eigenvalue weighted by atomic mass is 32.2. The van der Waals surface area contributed by atoms with Gasteiger partial charge in [-0.2, -0.15) is 0 Å². The van der Waals surface area contributed by atoms with Crippen LogP contribution in [-0.2, 0) is 10.5 Å². The third-order valence-corrected chi connectivity index (χ3v) is 7.06. The number of carbonyl (C=O) groups excluding carboxylic acids is 1. The fourth-order valence-corrected chi connectivity index (χ4v) is 5.58. The summed E-state index contributed by atoms with van der Waals surface area (Å²) < 4.78 is 6.16. The van der Waals surface area contributed by atoms with Crippen molar-refractivity contribution in [3.63, 3.8) is 0 Å². The van der Waals surface area contributed by atoms with Crippen LogP contribution in [0.1, 0.15) is 28.0 Å². The number of rotatable bonds is 5. The number of nitrogens with zero attached hydrogens (tertiary/aromatic N) is 4. The van der Waals surface area contributed by atoms with E-state index in [2.05, 4.69) is 19.9 Å². The van der Waals surface area contributed by atoms with Gasteiger partial charge in [-0.1, -0.05) is 11.8 Å². The number of hydrogen-bond donors (Lipinski definition) is 1. The van der Waals surface area contributed by atoms with Crippen LogP contribution < -0.4 is 5.73 Å². The third-order valence-electron chi connectivity index (χ3n) is 3.87. The lowest BCUT2D eigenvalue weighted by Gasteiger charge is -2.04. The lowest BCUT2D eigenvalue weighted by molar-refractivity contribution is 0.0531. The van der Waals surface area contributed by atoms with Crippen molar-refractivity contribution in [3.8, 4) is 0 Å². The molecule has 2 N–H and O–H groups in total. The lowest BCUT2D eigenvalue weighted by Crippen LogP contribution is -2.04. The molecule has 0 atom stereocenters. The van der Waals surface area contributed by atoms with Gasteiger partial charge in [0.05, 0.1) is 28.0 Å². The van der Waals surface area contributed by atoms with Crippen LogP contribution in [0.2, 0.25) is 0 Å². The Morgan fingerprint density at radius 1 is 1.33 bits per heavy atom. The highest BCUT2D eigenvalue weighted by Crippen LogP contribution is 2.35. The second-order valence-corrected chi connectivity index (χ2v) is 8.46. The Hall–Kier alpha value is -2.30. The Labute approximate surface area is 167 Å². The molecular weight excluding hydrogens is 402 g/mol. The van der Waals surface area contributed by atoms with Gasteiger partial charge in [0.25, 0.3) is 0 Å². The van der Waals surface area contributed by atoms with Crippen molar-refractivity contribution in [2.75, 3.05) is 12.3 Å². The fourth-order valence-electron chi connectivity index (χ4n) is 2.67. The molecule has 7 nitrogen and oxygen atoms in total. The van der Waals surface area contributed by atoms with Gasteiger partial charge in [0.1, 0.15) is 32.7 Å². The smallest absolute Gasteiger partial charge is 0.348 e. The second-order valence-electron chi connectivity index (χ2n) is 5.58. The van der Waals surface area contributed by atoms with Gasteiger partial charge in [-0.3, -0.25) is 0 Å². The average molecular weight is 418 g/mol. The Kier molecular flexibility index (Phi) is 4.94. The molecule has 4 rings (SSSR count). The summed E-state index contributed by atoms with van der Waals surface area (Å²) in [7, 11) is 0. The van der Waals surface area contributed by atoms with E-state index in [0.29, 0.717) is 33.7 Å². The number of ether oxygens (including phenoxy) is 1. The van der Waals surface area contributed by atoms with Crippen LogP contribution in [0.3, 0.4) is 0 Å².